The number of ether oxygens (including phenoxy) is 1. The number of hydrogen-bond acceptors (Lipinski definition) is 3. The van der Waals surface area contributed by atoms with Crippen LogP contribution in [0.3, 0.4) is 0 Å². The van der Waals surface area contributed by atoms with Crippen molar-refractivity contribution in [3.63, 3.8) is 0 Å². The van der Waals surface area contributed by atoms with Crippen LogP contribution in [-0.4, -0.2) is 49.3 Å². The van der Waals surface area contributed by atoms with Gasteiger partial charge in [0.05, 0.1) is 13.2 Å². The Morgan fingerprint density at radius 2 is 2.17 bits per heavy atom. The Morgan fingerprint density at radius 1 is 1.50 bits per heavy atom. The summed E-state index contributed by atoms with van der Waals surface area (Å²) in [5.41, 5.74) is 1.30. The Labute approximate surface area is 113 Å². The summed E-state index contributed by atoms with van der Waals surface area (Å²) >= 11 is 0. The van der Waals surface area contributed by atoms with Crippen LogP contribution in [0.25, 0.3) is 0 Å². The average Bonchev–Trinajstić information content (AvgIpc) is 2.22. The zero-order valence-electron chi connectivity index (χ0n) is 12.8. The van der Waals surface area contributed by atoms with E-state index in [1.54, 1.807) is 0 Å². The summed E-state index contributed by atoms with van der Waals surface area (Å²) in [6, 6.07) is 0.617. The van der Waals surface area contributed by atoms with E-state index in [0.29, 0.717) is 18.6 Å². The van der Waals surface area contributed by atoms with Crippen molar-refractivity contribution in [2.45, 2.75) is 46.2 Å². The van der Waals surface area contributed by atoms with Crippen LogP contribution in [-0.2, 0) is 4.74 Å². The highest BCUT2D eigenvalue weighted by atomic mass is 16.5. The molecular weight excluding hydrogens is 224 g/mol. The molecule has 1 atom stereocenters. The molecule has 0 spiro atoms. The van der Waals surface area contributed by atoms with Crippen LogP contribution < -0.4 is 5.32 Å². The van der Waals surface area contributed by atoms with Crippen molar-refractivity contribution < 1.29 is 4.74 Å². The molecule has 0 saturated carbocycles. The van der Waals surface area contributed by atoms with Gasteiger partial charge in [-0.2, -0.15) is 0 Å². The first kappa shape index (κ1) is 15.7. The van der Waals surface area contributed by atoms with E-state index in [1.165, 1.54) is 0 Å². The Hall–Kier alpha value is -0.380. The molecule has 0 aromatic rings. The Balaban J connectivity index is 2.43. The number of nitrogens with one attached hydrogen (secondary N) is 1. The Bertz CT molecular complexity index is 274. The molecule has 1 fully saturated rings. The molecule has 18 heavy (non-hydrogen) atoms. The smallest absolute Gasteiger partial charge is 0.0672 e. The van der Waals surface area contributed by atoms with Crippen LogP contribution in [0.4, 0.5) is 0 Å². The molecule has 1 heterocycles. The minimum Gasteiger partial charge on any atom is -0.376 e. The second-order valence-corrected chi connectivity index (χ2v) is 6.56. The highest BCUT2D eigenvalue weighted by Crippen LogP contribution is 2.19. The van der Waals surface area contributed by atoms with Crippen molar-refractivity contribution in [3.8, 4) is 0 Å². The molecule has 3 nitrogen and oxygen atoms in total. The highest BCUT2D eigenvalue weighted by Gasteiger charge is 2.33. The minimum atomic E-state index is 0.208. The fourth-order valence-electron chi connectivity index (χ4n) is 2.52. The van der Waals surface area contributed by atoms with Crippen LogP contribution in [0.5, 0.6) is 0 Å². The lowest BCUT2D eigenvalue weighted by molar-refractivity contribution is 0.0382. The van der Waals surface area contributed by atoms with Gasteiger partial charge in [0, 0.05) is 31.2 Å². The predicted octanol–water partition coefficient (Wildman–Crippen LogP) is 2.29. The van der Waals surface area contributed by atoms with Gasteiger partial charge in [-0.25, -0.2) is 0 Å². The molecule has 1 aliphatic rings. The van der Waals surface area contributed by atoms with E-state index in [0.717, 1.165) is 31.8 Å². The zero-order valence-corrected chi connectivity index (χ0v) is 12.8. The second-order valence-electron chi connectivity index (χ2n) is 6.56. The van der Waals surface area contributed by atoms with E-state index >= 15 is 0 Å². The summed E-state index contributed by atoms with van der Waals surface area (Å²) in [4.78, 5) is 2.57. The Kier molecular flexibility index (Phi) is 5.83. The minimum absolute atomic E-state index is 0.208. The predicted molar refractivity (Wildman–Crippen MR) is 77.9 cm³/mol. The molecule has 3 heteroatoms. The molecule has 1 saturated heterocycles. The lowest BCUT2D eigenvalue weighted by Gasteiger charge is -2.46. The molecule has 0 aromatic heterocycles. The first-order valence-corrected chi connectivity index (χ1v) is 7.03. The van der Waals surface area contributed by atoms with E-state index in [4.69, 9.17) is 4.74 Å². The topological polar surface area (TPSA) is 24.5 Å². The number of hydrogen-bond donors (Lipinski definition) is 1. The molecule has 1 rings (SSSR count). The van der Waals surface area contributed by atoms with Crippen molar-refractivity contribution in [2.75, 3.05) is 32.8 Å². The second kappa shape index (κ2) is 6.69. The van der Waals surface area contributed by atoms with Crippen LogP contribution in [0, 0.1) is 5.92 Å². The summed E-state index contributed by atoms with van der Waals surface area (Å²) in [5, 5.41) is 3.63. The van der Waals surface area contributed by atoms with E-state index in [-0.39, 0.29) is 5.54 Å². The standard InChI is InChI=1S/C15H30N2O/c1-12(2)10-18-8-7-17-11-15(5,6)16-9-14(17)13(3)4/h13-14,16H,1,7-11H2,2-6H3. The monoisotopic (exact) mass is 254 g/mol. The quantitative estimate of drug-likeness (QED) is 0.581. The fraction of sp³-hybridized carbons (Fsp3) is 0.867. The average molecular weight is 254 g/mol. The van der Waals surface area contributed by atoms with Gasteiger partial charge < -0.3 is 10.1 Å². The van der Waals surface area contributed by atoms with Gasteiger partial charge in [-0.05, 0) is 26.7 Å². The lowest BCUT2D eigenvalue weighted by atomic mass is 9.93. The summed E-state index contributed by atoms with van der Waals surface area (Å²) < 4.78 is 5.63. The number of rotatable bonds is 6. The maximum Gasteiger partial charge on any atom is 0.0672 e. The van der Waals surface area contributed by atoms with Crippen molar-refractivity contribution in [1.29, 1.82) is 0 Å². The van der Waals surface area contributed by atoms with Crippen LogP contribution in [0.2, 0.25) is 0 Å². The SMILES string of the molecule is C=C(C)COCCN1CC(C)(C)NCC1C(C)C. The van der Waals surface area contributed by atoms with E-state index < -0.39 is 0 Å². The summed E-state index contributed by atoms with van der Waals surface area (Å²) in [6.45, 7) is 19.7. The third-order valence-electron chi connectivity index (χ3n) is 3.50. The van der Waals surface area contributed by atoms with E-state index in [2.05, 4.69) is 44.5 Å². The molecule has 0 bridgehead atoms. The van der Waals surface area contributed by atoms with Gasteiger partial charge in [-0.15, -0.1) is 0 Å². The van der Waals surface area contributed by atoms with Gasteiger partial charge in [-0.1, -0.05) is 26.0 Å². The van der Waals surface area contributed by atoms with Crippen molar-refractivity contribution >= 4 is 0 Å². The van der Waals surface area contributed by atoms with E-state index in [1.807, 2.05) is 6.92 Å². The molecular formula is C15H30N2O. The molecule has 1 N–H and O–H groups in total. The molecule has 106 valence electrons. The van der Waals surface area contributed by atoms with Gasteiger partial charge in [0.15, 0.2) is 0 Å². The van der Waals surface area contributed by atoms with Crippen molar-refractivity contribution in [3.05, 3.63) is 12.2 Å². The molecule has 0 radical (unpaired) electrons. The van der Waals surface area contributed by atoms with Gasteiger partial charge >= 0.3 is 0 Å². The van der Waals surface area contributed by atoms with Crippen LogP contribution >= 0.6 is 0 Å². The summed E-state index contributed by atoms with van der Waals surface area (Å²) in [7, 11) is 0. The molecule has 0 aromatic carbocycles. The molecule has 0 aliphatic carbocycles. The maximum atomic E-state index is 5.63. The summed E-state index contributed by atoms with van der Waals surface area (Å²) in [5.74, 6) is 0.676. The maximum absolute atomic E-state index is 5.63. The van der Waals surface area contributed by atoms with Crippen molar-refractivity contribution in [1.82, 2.24) is 10.2 Å². The summed E-state index contributed by atoms with van der Waals surface area (Å²) in [6.07, 6.45) is 0. The molecule has 0 amide bonds. The zero-order chi connectivity index (χ0) is 13.8. The normalized spacial score (nSPS) is 24.4. The van der Waals surface area contributed by atoms with Crippen LogP contribution in [0.15, 0.2) is 12.2 Å². The molecule has 1 unspecified atom stereocenters. The highest BCUT2D eigenvalue weighted by molar-refractivity contribution is 4.93. The first-order chi connectivity index (χ1) is 8.32. The van der Waals surface area contributed by atoms with E-state index in [9.17, 15) is 0 Å². The van der Waals surface area contributed by atoms with Gasteiger partial charge in [0.1, 0.15) is 0 Å². The number of piperazine rings is 1. The Morgan fingerprint density at radius 3 is 2.72 bits per heavy atom. The van der Waals surface area contributed by atoms with Gasteiger partial charge in [0.2, 0.25) is 0 Å². The van der Waals surface area contributed by atoms with Crippen LogP contribution in [0.1, 0.15) is 34.6 Å². The lowest BCUT2D eigenvalue weighted by Crippen LogP contribution is -2.63. The fourth-order valence-corrected chi connectivity index (χ4v) is 2.52. The van der Waals surface area contributed by atoms with Gasteiger partial charge in [0.25, 0.3) is 0 Å². The van der Waals surface area contributed by atoms with Gasteiger partial charge in [-0.3, -0.25) is 4.90 Å². The third-order valence-corrected chi connectivity index (χ3v) is 3.50. The number of nitrogens with zero attached hydrogens (tertiary/aromatic N) is 1. The van der Waals surface area contributed by atoms with Crippen molar-refractivity contribution in [2.24, 2.45) is 5.92 Å². The first-order valence-electron chi connectivity index (χ1n) is 7.03. The third kappa shape index (κ3) is 5.09. The molecule has 1 aliphatic heterocycles. The largest absolute Gasteiger partial charge is 0.376 e.